The number of halogens is 1. The largest absolute Gasteiger partial charge is 0.493 e. The van der Waals surface area contributed by atoms with Crippen LogP contribution in [0.4, 0.5) is 9.18 Å². The number of hydrogen-bond donors (Lipinski definition) is 2. The Balaban J connectivity index is 1.51. The highest BCUT2D eigenvalue weighted by Crippen LogP contribution is 2.39. The van der Waals surface area contributed by atoms with E-state index in [1.54, 1.807) is 12.3 Å². The summed E-state index contributed by atoms with van der Waals surface area (Å²) >= 11 is 0. The molecule has 2 N–H and O–H groups in total. The van der Waals surface area contributed by atoms with E-state index in [9.17, 15) is 19.1 Å². The molecule has 0 radical (unpaired) electrons. The SMILES string of the molecule is Cc1c(C(=O)NC2CCN(C(=O)O)CC2)c2nccc(-c3ccc(F)cc3OCC3CC3)c2n1COCC[Si](C)(C)C. The molecule has 3 aromatic rings. The van der Waals surface area contributed by atoms with Crippen molar-refractivity contribution in [2.75, 3.05) is 26.3 Å². The summed E-state index contributed by atoms with van der Waals surface area (Å²) in [7, 11) is -1.31. The van der Waals surface area contributed by atoms with E-state index in [1.165, 1.54) is 17.0 Å². The van der Waals surface area contributed by atoms with Gasteiger partial charge in [0.15, 0.2) is 0 Å². The molecule has 226 valence electrons. The predicted molar refractivity (Wildman–Crippen MR) is 162 cm³/mol. The number of nitrogens with zero attached hydrogens (tertiary/aromatic N) is 3. The van der Waals surface area contributed by atoms with Crippen LogP contribution in [0.5, 0.6) is 5.75 Å². The zero-order valence-electron chi connectivity index (χ0n) is 24.9. The molecule has 5 rings (SSSR count). The molecule has 1 aliphatic heterocycles. The Bertz CT molecular complexity index is 1460. The first-order valence-corrected chi connectivity index (χ1v) is 18.5. The number of carbonyl (C=O) groups is 2. The van der Waals surface area contributed by atoms with Crippen LogP contribution in [0.2, 0.25) is 25.7 Å². The molecule has 42 heavy (non-hydrogen) atoms. The van der Waals surface area contributed by atoms with Crippen molar-refractivity contribution in [2.24, 2.45) is 5.92 Å². The summed E-state index contributed by atoms with van der Waals surface area (Å²) in [4.78, 5) is 31.1. The van der Waals surface area contributed by atoms with Crippen molar-refractivity contribution < 1.29 is 28.6 Å². The predicted octanol–water partition coefficient (Wildman–Crippen LogP) is 6.12. The minimum atomic E-state index is -1.31. The number of ether oxygens (including phenoxy) is 2. The van der Waals surface area contributed by atoms with Crippen LogP contribution in [0.15, 0.2) is 30.5 Å². The molecule has 3 heterocycles. The minimum Gasteiger partial charge on any atom is -0.493 e. The Hall–Kier alpha value is -3.44. The minimum absolute atomic E-state index is 0.137. The van der Waals surface area contributed by atoms with Gasteiger partial charge in [-0.25, -0.2) is 9.18 Å². The Morgan fingerprint density at radius 3 is 2.52 bits per heavy atom. The fraction of sp³-hybridized carbons (Fsp3) is 0.516. The van der Waals surface area contributed by atoms with Gasteiger partial charge in [0.25, 0.3) is 5.91 Å². The summed E-state index contributed by atoms with van der Waals surface area (Å²) in [5.41, 5.74) is 3.98. The van der Waals surface area contributed by atoms with Crippen LogP contribution in [-0.2, 0) is 11.5 Å². The third-order valence-corrected chi connectivity index (χ3v) is 9.85. The summed E-state index contributed by atoms with van der Waals surface area (Å²) < 4.78 is 28.6. The molecule has 2 amide bonds. The van der Waals surface area contributed by atoms with Crippen LogP contribution < -0.4 is 10.1 Å². The van der Waals surface area contributed by atoms with Crippen molar-refractivity contribution >= 4 is 31.1 Å². The zero-order valence-corrected chi connectivity index (χ0v) is 25.9. The highest BCUT2D eigenvalue weighted by molar-refractivity contribution is 6.76. The Morgan fingerprint density at radius 1 is 1.12 bits per heavy atom. The molecule has 0 atom stereocenters. The van der Waals surface area contributed by atoms with E-state index in [-0.39, 0.29) is 24.5 Å². The summed E-state index contributed by atoms with van der Waals surface area (Å²) in [6.45, 7) is 10.9. The van der Waals surface area contributed by atoms with Gasteiger partial charge in [-0.1, -0.05) is 19.6 Å². The molecule has 1 aromatic carbocycles. The van der Waals surface area contributed by atoms with Crippen LogP contribution in [0.25, 0.3) is 22.2 Å². The number of pyridine rings is 1. The van der Waals surface area contributed by atoms with Gasteiger partial charge in [0.2, 0.25) is 0 Å². The Morgan fingerprint density at radius 2 is 1.86 bits per heavy atom. The first-order chi connectivity index (χ1) is 20.0. The molecule has 1 aliphatic carbocycles. The van der Waals surface area contributed by atoms with Crippen molar-refractivity contribution in [1.29, 1.82) is 0 Å². The average molecular weight is 597 g/mol. The van der Waals surface area contributed by atoms with Gasteiger partial charge in [-0.3, -0.25) is 9.78 Å². The summed E-state index contributed by atoms with van der Waals surface area (Å²) in [6.07, 6.45) is 4.07. The summed E-state index contributed by atoms with van der Waals surface area (Å²) in [6, 6.07) is 7.32. The number of nitrogens with one attached hydrogen (secondary N) is 1. The molecule has 0 bridgehead atoms. The highest BCUT2D eigenvalue weighted by Gasteiger charge is 2.29. The average Bonchev–Trinajstić information content (AvgIpc) is 3.72. The first kappa shape index (κ1) is 30.0. The maximum absolute atomic E-state index is 14.4. The first-order valence-electron chi connectivity index (χ1n) is 14.8. The zero-order chi connectivity index (χ0) is 30.0. The van der Waals surface area contributed by atoms with E-state index in [0.29, 0.717) is 61.9 Å². The van der Waals surface area contributed by atoms with Crippen molar-refractivity contribution in [2.45, 2.75) is 71.1 Å². The van der Waals surface area contributed by atoms with Crippen molar-refractivity contribution in [3.05, 3.63) is 47.5 Å². The molecule has 0 spiro atoms. The van der Waals surface area contributed by atoms with E-state index in [4.69, 9.17) is 9.47 Å². The number of hydrogen-bond acceptors (Lipinski definition) is 5. The smallest absolute Gasteiger partial charge is 0.407 e. The maximum atomic E-state index is 14.4. The number of rotatable bonds is 11. The molecule has 2 aromatic heterocycles. The topological polar surface area (TPSA) is 106 Å². The van der Waals surface area contributed by atoms with Crippen molar-refractivity contribution in [3.8, 4) is 16.9 Å². The lowest BCUT2D eigenvalue weighted by Gasteiger charge is -2.30. The number of benzene rings is 1. The molecule has 2 aliphatic rings. The second kappa shape index (κ2) is 12.4. The fourth-order valence-corrected chi connectivity index (χ4v) is 6.13. The van der Waals surface area contributed by atoms with Crippen LogP contribution in [-0.4, -0.2) is 72.0 Å². The number of fused-ring (bicyclic) bond motifs is 1. The quantitative estimate of drug-likeness (QED) is 0.204. The monoisotopic (exact) mass is 596 g/mol. The second-order valence-electron chi connectivity index (χ2n) is 12.7. The number of likely N-dealkylation sites (tertiary alicyclic amines) is 1. The van der Waals surface area contributed by atoms with Gasteiger partial charge in [-0.15, -0.1) is 0 Å². The van der Waals surface area contributed by atoms with Crippen LogP contribution in [0.3, 0.4) is 0 Å². The van der Waals surface area contributed by atoms with Crippen LogP contribution in [0.1, 0.15) is 41.7 Å². The molecule has 0 unspecified atom stereocenters. The van der Waals surface area contributed by atoms with Crippen molar-refractivity contribution in [3.63, 3.8) is 0 Å². The molecule has 1 saturated carbocycles. The lowest BCUT2D eigenvalue weighted by Crippen LogP contribution is -2.46. The third kappa shape index (κ3) is 6.95. The number of carboxylic acid groups (broad SMARTS) is 1. The van der Waals surface area contributed by atoms with Gasteiger partial charge in [-0.05, 0) is 62.8 Å². The van der Waals surface area contributed by atoms with Crippen molar-refractivity contribution in [1.82, 2.24) is 19.8 Å². The molecule has 11 heteroatoms. The highest BCUT2D eigenvalue weighted by atomic mass is 28.3. The van der Waals surface area contributed by atoms with Crippen LogP contribution >= 0.6 is 0 Å². The molecule has 2 fully saturated rings. The Kier molecular flexibility index (Phi) is 8.88. The number of piperidine rings is 1. The number of carbonyl (C=O) groups excluding carboxylic acids is 1. The van der Waals surface area contributed by atoms with E-state index in [1.807, 2.05) is 17.6 Å². The second-order valence-corrected chi connectivity index (χ2v) is 18.3. The van der Waals surface area contributed by atoms with Gasteiger partial charge in [-0.2, -0.15) is 0 Å². The molecular weight excluding hydrogens is 555 g/mol. The van der Waals surface area contributed by atoms with Gasteiger partial charge in [0.05, 0.1) is 17.7 Å². The lowest BCUT2D eigenvalue weighted by atomic mass is 10.0. The maximum Gasteiger partial charge on any atom is 0.407 e. The normalized spacial score (nSPS) is 16.2. The van der Waals surface area contributed by atoms with Gasteiger partial charge < -0.3 is 29.4 Å². The Labute approximate surface area is 247 Å². The molecule has 9 nitrogen and oxygen atoms in total. The van der Waals surface area contributed by atoms with E-state index >= 15 is 0 Å². The summed E-state index contributed by atoms with van der Waals surface area (Å²) in [5, 5.41) is 12.4. The molecule has 1 saturated heterocycles. The third-order valence-electron chi connectivity index (χ3n) is 8.15. The summed E-state index contributed by atoms with van der Waals surface area (Å²) in [5.74, 6) is 0.351. The van der Waals surface area contributed by atoms with E-state index < -0.39 is 14.2 Å². The van der Waals surface area contributed by atoms with E-state index in [2.05, 4.69) is 29.9 Å². The van der Waals surface area contributed by atoms with Crippen LogP contribution in [0, 0.1) is 18.7 Å². The van der Waals surface area contributed by atoms with Gasteiger partial charge in [0, 0.05) is 62.9 Å². The number of aromatic nitrogens is 2. The fourth-order valence-electron chi connectivity index (χ4n) is 5.37. The number of amides is 2. The van der Waals surface area contributed by atoms with E-state index in [0.717, 1.165) is 41.2 Å². The van der Waals surface area contributed by atoms with Gasteiger partial charge in [0.1, 0.15) is 23.8 Å². The standard InChI is InChI=1S/C31H41FN4O5Si/c1-20-27(30(37)34-23-10-13-35(14-11-23)31(38)39)28-29(36(20)19-40-15-16-42(2,3)4)25(9-12-33-28)24-8-7-22(32)17-26(24)41-18-21-5-6-21/h7-9,12,17,21,23H,5-6,10-11,13-16,18-19H2,1-4H3,(H,34,37)(H,38,39). The van der Waals surface area contributed by atoms with Gasteiger partial charge >= 0.3 is 6.09 Å². The lowest BCUT2D eigenvalue weighted by molar-refractivity contribution is 0.0874. The molecular formula is C31H41FN4O5Si.